The molecule has 2 aromatic carbocycles. The normalized spacial score (nSPS) is 10.7. The number of carbonyl (C=O) groups is 2. The molecule has 140 valence electrons. The molecule has 2 N–H and O–H groups in total. The first-order valence-electron chi connectivity index (χ1n) is 9.19. The molecule has 1 aromatic heterocycles. The van der Waals surface area contributed by atoms with E-state index in [9.17, 15) is 9.59 Å². The van der Waals surface area contributed by atoms with Crippen molar-refractivity contribution in [3.63, 3.8) is 0 Å². The van der Waals surface area contributed by atoms with Gasteiger partial charge >= 0.3 is 0 Å². The molecule has 0 aliphatic carbocycles. The first-order chi connectivity index (χ1) is 13.1. The van der Waals surface area contributed by atoms with Crippen LogP contribution in [0.25, 0.3) is 20.8 Å². The van der Waals surface area contributed by atoms with Gasteiger partial charge in [0.15, 0.2) is 0 Å². The third kappa shape index (κ3) is 4.92. The molecule has 0 radical (unpaired) electrons. The number of nitrogens with one attached hydrogen (secondary N) is 2. The predicted octanol–water partition coefficient (Wildman–Crippen LogP) is 5.44. The van der Waals surface area contributed by atoms with E-state index in [1.54, 1.807) is 17.4 Å². The van der Waals surface area contributed by atoms with Crippen molar-refractivity contribution in [1.29, 1.82) is 0 Å². The van der Waals surface area contributed by atoms with Crippen LogP contribution in [0.2, 0.25) is 0 Å². The average molecular weight is 382 g/mol. The summed E-state index contributed by atoms with van der Waals surface area (Å²) >= 11 is 1.59. The highest BCUT2D eigenvalue weighted by Crippen LogP contribution is 2.33. The highest BCUT2D eigenvalue weighted by atomic mass is 32.1. The number of rotatable bonds is 7. The van der Waals surface area contributed by atoms with E-state index in [-0.39, 0.29) is 11.8 Å². The summed E-state index contributed by atoms with van der Waals surface area (Å²) in [6.45, 7) is 3.93. The zero-order valence-electron chi connectivity index (χ0n) is 15.5. The summed E-state index contributed by atoms with van der Waals surface area (Å²) in [7, 11) is 0. The van der Waals surface area contributed by atoms with Gasteiger partial charge in [-0.3, -0.25) is 9.59 Å². The molecule has 5 nitrogen and oxygen atoms in total. The number of hydrogen-bond acceptors (Lipinski definition) is 4. The van der Waals surface area contributed by atoms with E-state index in [1.165, 1.54) is 0 Å². The number of aromatic nitrogens is 1. The largest absolute Gasteiger partial charge is 0.326 e. The third-order valence-corrected chi connectivity index (χ3v) is 5.08. The molecular formula is C21H23N3O2S. The van der Waals surface area contributed by atoms with Crippen LogP contribution >= 0.6 is 11.3 Å². The molecule has 2 amide bonds. The van der Waals surface area contributed by atoms with Gasteiger partial charge in [-0.1, -0.05) is 26.0 Å². The lowest BCUT2D eigenvalue weighted by Gasteiger charge is -2.11. The number of amides is 2. The number of thiazole rings is 1. The van der Waals surface area contributed by atoms with Crippen molar-refractivity contribution in [2.24, 2.45) is 0 Å². The van der Waals surface area contributed by atoms with Crippen LogP contribution in [0.1, 0.15) is 39.5 Å². The topological polar surface area (TPSA) is 71.1 Å². The molecule has 0 aliphatic rings. The summed E-state index contributed by atoms with van der Waals surface area (Å²) in [5, 5.41) is 6.69. The van der Waals surface area contributed by atoms with Crippen molar-refractivity contribution in [2.45, 2.75) is 39.5 Å². The van der Waals surface area contributed by atoms with Gasteiger partial charge < -0.3 is 10.6 Å². The van der Waals surface area contributed by atoms with Crippen molar-refractivity contribution in [2.75, 3.05) is 10.6 Å². The monoisotopic (exact) mass is 381 g/mol. The number of hydrogen-bond donors (Lipinski definition) is 2. The van der Waals surface area contributed by atoms with E-state index in [2.05, 4.69) is 15.6 Å². The number of anilines is 2. The molecule has 6 heteroatoms. The molecular weight excluding hydrogens is 358 g/mol. The quantitative estimate of drug-likeness (QED) is 0.572. The van der Waals surface area contributed by atoms with E-state index >= 15 is 0 Å². The van der Waals surface area contributed by atoms with E-state index in [0.717, 1.165) is 33.6 Å². The highest BCUT2D eigenvalue weighted by Gasteiger charge is 2.11. The van der Waals surface area contributed by atoms with Crippen molar-refractivity contribution < 1.29 is 9.59 Å². The van der Waals surface area contributed by atoms with Gasteiger partial charge in [0, 0.05) is 29.8 Å². The van der Waals surface area contributed by atoms with Crippen LogP contribution in [0, 0.1) is 0 Å². The van der Waals surface area contributed by atoms with Crippen LogP contribution in [0.3, 0.4) is 0 Å². The van der Waals surface area contributed by atoms with E-state index in [1.807, 2.05) is 50.2 Å². The second-order valence-corrected chi connectivity index (χ2v) is 7.41. The molecule has 0 atom stereocenters. The summed E-state index contributed by atoms with van der Waals surface area (Å²) in [5.74, 6) is -0.0745. The smallest absolute Gasteiger partial charge is 0.224 e. The molecule has 3 aromatic rings. The van der Waals surface area contributed by atoms with Gasteiger partial charge in [0.1, 0.15) is 5.01 Å². The number of benzene rings is 2. The Morgan fingerprint density at radius 3 is 2.07 bits per heavy atom. The number of fused-ring (bicyclic) bond motifs is 1. The maximum atomic E-state index is 12.0. The van der Waals surface area contributed by atoms with Crippen LogP contribution in [0.4, 0.5) is 11.4 Å². The lowest BCUT2D eigenvalue weighted by atomic mass is 10.1. The number of para-hydroxylation sites is 1. The second-order valence-electron chi connectivity index (χ2n) is 6.38. The van der Waals surface area contributed by atoms with Gasteiger partial charge in [-0.15, -0.1) is 11.3 Å². The molecule has 0 unspecified atom stereocenters. The predicted molar refractivity (Wildman–Crippen MR) is 112 cm³/mol. The zero-order valence-corrected chi connectivity index (χ0v) is 16.4. The fraction of sp³-hybridized carbons (Fsp3) is 0.286. The third-order valence-electron chi connectivity index (χ3n) is 4.00. The van der Waals surface area contributed by atoms with Gasteiger partial charge in [-0.05, 0) is 43.2 Å². The maximum absolute atomic E-state index is 12.0. The lowest BCUT2D eigenvalue weighted by molar-refractivity contribution is -0.117. The van der Waals surface area contributed by atoms with Crippen molar-refractivity contribution in [3.05, 3.63) is 42.5 Å². The molecule has 0 aliphatic heterocycles. The minimum Gasteiger partial charge on any atom is -0.326 e. The Labute approximate surface area is 162 Å². The van der Waals surface area contributed by atoms with Gasteiger partial charge in [-0.25, -0.2) is 4.98 Å². The Morgan fingerprint density at radius 1 is 0.926 bits per heavy atom. The Bertz CT molecular complexity index is 894. The van der Waals surface area contributed by atoms with Crippen molar-refractivity contribution in [1.82, 2.24) is 4.98 Å². The van der Waals surface area contributed by atoms with Gasteiger partial charge in [0.05, 0.1) is 10.2 Å². The number of carbonyl (C=O) groups excluding carboxylic acids is 2. The summed E-state index contributed by atoms with van der Waals surface area (Å²) in [4.78, 5) is 28.7. The van der Waals surface area contributed by atoms with E-state index in [4.69, 9.17) is 0 Å². The van der Waals surface area contributed by atoms with E-state index < -0.39 is 0 Å². The first-order valence-corrected chi connectivity index (χ1v) is 10.0. The fourth-order valence-corrected chi connectivity index (χ4v) is 3.75. The summed E-state index contributed by atoms with van der Waals surface area (Å²) in [6.07, 6.45) is 2.48. The zero-order chi connectivity index (χ0) is 19.2. The fourth-order valence-electron chi connectivity index (χ4n) is 2.79. The number of nitrogens with zero attached hydrogens (tertiary/aromatic N) is 1. The Hall–Kier alpha value is -2.73. The van der Waals surface area contributed by atoms with Gasteiger partial charge in [0.2, 0.25) is 11.8 Å². The Balaban J connectivity index is 1.97. The summed E-state index contributed by atoms with van der Waals surface area (Å²) in [5.41, 5.74) is 3.14. The second kappa shape index (κ2) is 8.77. The summed E-state index contributed by atoms with van der Waals surface area (Å²) in [6, 6.07) is 13.6. The molecule has 0 saturated heterocycles. The standard InChI is InChI=1S/C21H23N3O2S/c1-3-7-19(25)22-15-11-14(12-16(13-15)23-20(26)8-4-2)21-24-17-9-5-6-10-18(17)27-21/h5-6,9-13H,3-4,7-8H2,1-2H3,(H,22,25)(H,23,26). The molecule has 3 rings (SSSR count). The molecule has 27 heavy (non-hydrogen) atoms. The minimum atomic E-state index is -0.0372. The lowest BCUT2D eigenvalue weighted by Crippen LogP contribution is -2.13. The molecule has 0 saturated carbocycles. The molecule has 0 spiro atoms. The van der Waals surface area contributed by atoms with Gasteiger partial charge in [-0.2, -0.15) is 0 Å². The van der Waals surface area contributed by atoms with Crippen LogP contribution in [-0.4, -0.2) is 16.8 Å². The Kier molecular flexibility index (Phi) is 6.19. The minimum absolute atomic E-state index is 0.0372. The highest BCUT2D eigenvalue weighted by molar-refractivity contribution is 7.21. The van der Waals surface area contributed by atoms with Crippen molar-refractivity contribution in [3.8, 4) is 10.6 Å². The van der Waals surface area contributed by atoms with Gasteiger partial charge in [0.25, 0.3) is 0 Å². The molecule has 1 heterocycles. The van der Waals surface area contributed by atoms with Crippen molar-refractivity contribution >= 4 is 44.7 Å². The van der Waals surface area contributed by atoms with E-state index in [0.29, 0.717) is 24.2 Å². The molecule has 0 bridgehead atoms. The average Bonchev–Trinajstić information content (AvgIpc) is 3.06. The molecule has 0 fully saturated rings. The summed E-state index contributed by atoms with van der Waals surface area (Å²) < 4.78 is 1.10. The van der Waals surface area contributed by atoms with Crippen LogP contribution in [-0.2, 0) is 9.59 Å². The first kappa shape index (κ1) is 19.0. The van der Waals surface area contributed by atoms with Crippen LogP contribution in [0.15, 0.2) is 42.5 Å². The van der Waals surface area contributed by atoms with Crippen LogP contribution in [0.5, 0.6) is 0 Å². The SMILES string of the molecule is CCCC(=O)Nc1cc(NC(=O)CCC)cc(-c2nc3ccccc3s2)c1. The maximum Gasteiger partial charge on any atom is 0.224 e. The van der Waals surface area contributed by atoms with Crippen LogP contribution < -0.4 is 10.6 Å². The Morgan fingerprint density at radius 2 is 1.52 bits per heavy atom.